The Labute approximate surface area is 108 Å². The number of amides is 1. The highest BCUT2D eigenvalue weighted by Gasteiger charge is 2.37. The maximum atomic E-state index is 11.3. The van der Waals surface area contributed by atoms with Crippen LogP contribution >= 0.6 is 15.9 Å². The summed E-state index contributed by atoms with van der Waals surface area (Å²) >= 11 is 3.27. The molecule has 1 heterocycles. The van der Waals surface area contributed by atoms with Crippen LogP contribution in [0.4, 0.5) is 4.79 Å². The van der Waals surface area contributed by atoms with Gasteiger partial charge in [0.25, 0.3) is 0 Å². The quantitative estimate of drug-likeness (QED) is 0.838. The van der Waals surface area contributed by atoms with Crippen molar-refractivity contribution in [3.8, 4) is 5.75 Å². The lowest BCUT2D eigenvalue weighted by Gasteiger charge is -2.38. The van der Waals surface area contributed by atoms with E-state index in [9.17, 15) is 9.90 Å². The van der Waals surface area contributed by atoms with E-state index in [2.05, 4.69) is 21.2 Å². The van der Waals surface area contributed by atoms with Crippen molar-refractivity contribution < 1.29 is 14.6 Å². The third kappa shape index (κ3) is 2.39. The number of aromatic hydroxyl groups is 1. The highest BCUT2D eigenvalue weighted by atomic mass is 79.9. The van der Waals surface area contributed by atoms with E-state index >= 15 is 0 Å². The second-order valence-electron chi connectivity index (χ2n) is 4.85. The summed E-state index contributed by atoms with van der Waals surface area (Å²) in [5.74, 6) is 0.185. The number of phenolic OH excluding ortho intramolecular Hbond substituents is 1. The fourth-order valence-electron chi connectivity index (χ4n) is 1.93. The van der Waals surface area contributed by atoms with Crippen molar-refractivity contribution in [2.24, 2.45) is 5.41 Å². The van der Waals surface area contributed by atoms with Gasteiger partial charge in [0.05, 0.1) is 10.5 Å². The molecule has 0 unspecified atom stereocenters. The van der Waals surface area contributed by atoms with Crippen molar-refractivity contribution in [2.45, 2.75) is 19.9 Å². The summed E-state index contributed by atoms with van der Waals surface area (Å²) in [5.41, 5.74) is 0.751. The fourth-order valence-corrected chi connectivity index (χ4v) is 2.32. The van der Waals surface area contributed by atoms with Crippen LogP contribution in [0.5, 0.6) is 5.75 Å². The number of carbonyl (C=O) groups is 1. The average molecular weight is 300 g/mol. The standard InChI is InChI=1S/C12H14BrNO3/c1-12(2)6-17-11(16)14-10(12)7-3-4-9(15)8(13)5-7/h3-5,10,15H,6H2,1-2H3,(H,14,16)/t10-/m1/s1. The molecule has 1 amide bonds. The number of nitrogens with one attached hydrogen (secondary N) is 1. The van der Waals surface area contributed by atoms with E-state index in [4.69, 9.17) is 4.74 Å². The summed E-state index contributed by atoms with van der Waals surface area (Å²) in [4.78, 5) is 11.3. The SMILES string of the molecule is CC1(C)COC(=O)N[C@@H]1c1ccc(O)c(Br)c1. The Morgan fingerprint density at radius 3 is 2.88 bits per heavy atom. The van der Waals surface area contributed by atoms with Gasteiger partial charge < -0.3 is 15.2 Å². The first-order chi connectivity index (χ1) is 7.90. The zero-order chi connectivity index (χ0) is 12.6. The first-order valence-electron chi connectivity index (χ1n) is 5.32. The number of phenols is 1. The molecular formula is C12H14BrNO3. The Hall–Kier alpha value is -1.23. The zero-order valence-corrected chi connectivity index (χ0v) is 11.2. The van der Waals surface area contributed by atoms with Gasteiger partial charge in [-0.25, -0.2) is 4.79 Å². The van der Waals surface area contributed by atoms with Gasteiger partial charge in [0.15, 0.2) is 0 Å². The summed E-state index contributed by atoms with van der Waals surface area (Å²) in [6, 6.07) is 5.10. The van der Waals surface area contributed by atoms with Gasteiger partial charge in [0.2, 0.25) is 0 Å². The molecule has 2 rings (SSSR count). The summed E-state index contributed by atoms with van der Waals surface area (Å²) in [6.45, 7) is 4.43. The first kappa shape index (κ1) is 12.2. The maximum absolute atomic E-state index is 11.3. The lowest BCUT2D eigenvalue weighted by atomic mass is 9.80. The number of cyclic esters (lactones) is 1. The predicted octanol–water partition coefficient (Wildman–Crippen LogP) is 2.96. The van der Waals surface area contributed by atoms with Crippen LogP contribution in [0.25, 0.3) is 0 Å². The van der Waals surface area contributed by atoms with E-state index in [0.717, 1.165) is 5.56 Å². The van der Waals surface area contributed by atoms with Gasteiger partial charge in [-0.3, -0.25) is 0 Å². The maximum Gasteiger partial charge on any atom is 0.407 e. The summed E-state index contributed by atoms with van der Waals surface area (Å²) in [7, 11) is 0. The van der Waals surface area contributed by atoms with Crippen LogP contribution in [0, 0.1) is 5.41 Å². The van der Waals surface area contributed by atoms with Gasteiger partial charge in [0.1, 0.15) is 12.4 Å². The average Bonchev–Trinajstić information content (AvgIpc) is 2.26. The number of alkyl carbamates (subject to hydrolysis) is 1. The molecule has 0 aromatic heterocycles. The minimum Gasteiger partial charge on any atom is -0.507 e. The normalized spacial score (nSPS) is 22.8. The Morgan fingerprint density at radius 2 is 2.24 bits per heavy atom. The number of hydrogen-bond acceptors (Lipinski definition) is 3. The Bertz CT molecular complexity index is 459. The van der Waals surface area contributed by atoms with Crippen molar-refractivity contribution in [3.63, 3.8) is 0 Å². The molecule has 0 spiro atoms. The predicted molar refractivity (Wildman–Crippen MR) is 66.8 cm³/mol. The van der Waals surface area contributed by atoms with Gasteiger partial charge >= 0.3 is 6.09 Å². The molecule has 0 saturated carbocycles. The minimum atomic E-state index is -0.404. The molecule has 1 aromatic rings. The van der Waals surface area contributed by atoms with Gasteiger partial charge in [-0.15, -0.1) is 0 Å². The molecule has 0 aliphatic carbocycles. The smallest absolute Gasteiger partial charge is 0.407 e. The van der Waals surface area contributed by atoms with Crippen LogP contribution < -0.4 is 5.32 Å². The first-order valence-corrected chi connectivity index (χ1v) is 6.11. The van der Waals surface area contributed by atoms with Crippen LogP contribution in [0.3, 0.4) is 0 Å². The van der Waals surface area contributed by atoms with Crippen LogP contribution in [0.15, 0.2) is 22.7 Å². The fraction of sp³-hybridized carbons (Fsp3) is 0.417. The van der Waals surface area contributed by atoms with Gasteiger partial charge in [-0.2, -0.15) is 0 Å². The molecule has 1 atom stereocenters. The van der Waals surface area contributed by atoms with Crippen molar-refractivity contribution in [1.29, 1.82) is 0 Å². The molecule has 2 N–H and O–H groups in total. The van der Waals surface area contributed by atoms with Crippen molar-refractivity contribution >= 4 is 22.0 Å². The number of ether oxygens (including phenoxy) is 1. The lowest BCUT2D eigenvalue weighted by Crippen LogP contribution is -2.46. The summed E-state index contributed by atoms with van der Waals surface area (Å²) < 4.78 is 5.60. The van der Waals surface area contributed by atoms with E-state index in [1.165, 1.54) is 0 Å². The summed E-state index contributed by atoms with van der Waals surface area (Å²) in [6.07, 6.45) is -0.404. The third-order valence-corrected chi connectivity index (χ3v) is 3.56. The third-order valence-electron chi connectivity index (χ3n) is 2.92. The Balaban J connectivity index is 2.36. The van der Waals surface area contributed by atoms with Crippen molar-refractivity contribution in [2.75, 3.05) is 6.61 Å². The molecule has 0 bridgehead atoms. The number of carbonyl (C=O) groups excluding carboxylic acids is 1. The molecule has 1 aliphatic rings. The molecular weight excluding hydrogens is 286 g/mol. The van der Waals surface area contributed by atoms with E-state index in [1.807, 2.05) is 19.9 Å². The molecule has 92 valence electrons. The number of hydrogen-bond donors (Lipinski definition) is 2. The van der Waals surface area contributed by atoms with E-state index < -0.39 is 6.09 Å². The molecule has 1 fully saturated rings. The van der Waals surface area contributed by atoms with E-state index in [1.54, 1.807) is 12.1 Å². The van der Waals surface area contributed by atoms with Gasteiger partial charge in [0, 0.05) is 5.41 Å². The second kappa shape index (κ2) is 4.22. The summed E-state index contributed by atoms with van der Waals surface area (Å²) in [5, 5.41) is 12.3. The molecule has 5 heteroatoms. The largest absolute Gasteiger partial charge is 0.507 e. The molecule has 0 radical (unpaired) electrons. The number of rotatable bonds is 1. The van der Waals surface area contributed by atoms with Gasteiger partial charge in [-0.05, 0) is 33.6 Å². The van der Waals surface area contributed by atoms with E-state index in [0.29, 0.717) is 11.1 Å². The molecule has 4 nitrogen and oxygen atoms in total. The molecule has 1 aliphatic heterocycles. The number of benzene rings is 1. The van der Waals surface area contributed by atoms with E-state index in [-0.39, 0.29) is 17.2 Å². The van der Waals surface area contributed by atoms with Crippen LogP contribution in [0.1, 0.15) is 25.5 Å². The van der Waals surface area contributed by atoms with Crippen LogP contribution in [-0.2, 0) is 4.74 Å². The monoisotopic (exact) mass is 299 g/mol. The van der Waals surface area contributed by atoms with Crippen molar-refractivity contribution in [1.82, 2.24) is 5.32 Å². The lowest BCUT2D eigenvalue weighted by molar-refractivity contribution is 0.0387. The topological polar surface area (TPSA) is 58.6 Å². The minimum absolute atomic E-state index is 0.124. The Kier molecular flexibility index (Phi) is 3.03. The second-order valence-corrected chi connectivity index (χ2v) is 5.71. The highest BCUT2D eigenvalue weighted by molar-refractivity contribution is 9.10. The molecule has 1 saturated heterocycles. The Morgan fingerprint density at radius 1 is 1.53 bits per heavy atom. The van der Waals surface area contributed by atoms with Crippen molar-refractivity contribution in [3.05, 3.63) is 28.2 Å². The molecule has 17 heavy (non-hydrogen) atoms. The van der Waals surface area contributed by atoms with Crippen LogP contribution in [-0.4, -0.2) is 17.8 Å². The van der Waals surface area contributed by atoms with Gasteiger partial charge in [-0.1, -0.05) is 19.9 Å². The highest BCUT2D eigenvalue weighted by Crippen LogP contribution is 2.38. The zero-order valence-electron chi connectivity index (χ0n) is 9.66. The number of halogens is 1. The van der Waals surface area contributed by atoms with Crippen LogP contribution in [0.2, 0.25) is 0 Å². The molecule has 1 aromatic carbocycles.